The minimum atomic E-state index is -0.652. The lowest BCUT2D eigenvalue weighted by molar-refractivity contribution is -0.134. The average molecular weight is 704 g/mol. The fourth-order valence-corrected chi connectivity index (χ4v) is 6.88. The number of nitrogens with one attached hydrogen (secondary N) is 3. The number of halogens is 1. The van der Waals surface area contributed by atoms with Crippen LogP contribution in [0.15, 0.2) is 41.1 Å². The molecule has 11 nitrogen and oxygen atoms in total. The Morgan fingerprint density at radius 1 is 0.915 bits per heavy atom. The van der Waals surface area contributed by atoms with E-state index in [-0.39, 0.29) is 71.7 Å². The molecule has 0 aliphatic carbocycles. The molecule has 0 unspecified atom stereocenters. The van der Waals surface area contributed by atoms with Crippen LogP contribution in [0.2, 0.25) is 0 Å². The molecule has 0 radical (unpaired) electrons. The molecule has 2 aromatic heterocycles. The number of hydrogen-bond donors (Lipinski definition) is 4. The van der Waals surface area contributed by atoms with Gasteiger partial charge >= 0.3 is 0 Å². The average Bonchev–Trinajstić information content (AvgIpc) is 3.72. The van der Waals surface area contributed by atoms with E-state index in [1.54, 1.807) is 15.7 Å². The molecular weight excluding hydrogens is 658 g/mol. The normalized spacial score (nSPS) is 19.2. The maximum Gasteiger partial charge on any atom is 0.271 e. The van der Waals surface area contributed by atoms with Crippen molar-refractivity contribution in [3.8, 4) is 0 Å². The third-order valence-electron chi connectivity index (χ3n) is 7.77. The Morgan fingerprint density at radius 3 is 2.17 bits per heavy atom. The molecule has 14 heteroatoms. The molecule has 3 atom stereocenters. The number of nitrogens with two attached hydrogens (primary N) is 1. The van der Waals surface area contributed by atoms with Crippen LogP contribution < -0.4 is 21.7 Å². The summed E-state index contributed by atoms with van der Waals surface area (Å²) in [6.07, 6.45) is 2.33. The monoisotopic (exact) mass is 703 g/mol. The molecule has 4 amide bonds. The number of nitrogens with zero attached hydrogens (tertiary/aromatic N) is 3. The summed E-state index contributed by atoms with van der Waals surface area (Å²) in [6, 6.07) is 8.28. The fraction of sp³-hybridized carbons (Fsp3) is 0.515. The van der Waals surface area contributed by atoms with Crippen LogP contribution >= 0.6 is 35.1 Å². The first-order valence-electron chi connectivity index (χ1n) is 15.9. The molecule has 0 fully saturated rings. The van der Waals surface area contributed by atoms with Gasteiger partial charge < -0.3 is 26.6 Å². The summed E-state index contributed by atoms with van der Waals surface area (Å²) in [4.78, 5) is 63.8. The molecule has 256 valence electrons. The zero-order chi connectivity index (χ0) is 33.2. The van der Waals surface area contributed by atoms with E-state index in [2.05, 4.69) is 39.8 Å². The first-order valence-corrected chi connectivity index (χ1v) is 17.6. The minimum absolute atomic E-state index is 0. The van der Waals surface area contributed by atoms with Crippen molar-refractivity contribution < 1.29 is 19.2 Å². The topological polar surface area (TPSA) is 159 Å². The second-order valence-corrected chi connectivity index (χ2v) is 14.2. The van der Waals surface area contributed by atoms with Crippen LogP contribution in [0.4, 0.5) is 0 Å². The van der Waals surface area contributed by atoms with Crippen molar-refractivity contribution in [3.05, 3.63) is 68.1 Å². The number of benzene rings is 1. The molecule has 3 heterocycles. The highest BCUT2D eigenvalue weighted by Crippen LogP contribution is 2.27. The van der Waals surface area contributed by atoms with Crippen molar-refractivity contribution in [1.82, 2.24) is 30.8 Å². The molecule has 0 saturated carbocycles. The first-order chi connectivity index (χ1) is 22.0. The van der Waals surface area contributed by atoms with E-state index < -0.39 is 12.1 Å². The van der Waals surface area contributed by atoms with E-state index in [0.717, 1.165) is 5.56 Å². The summed E-state index contributed by atoms with van der Waals surface area (Å²) in [7, 11) is 0. The van der Waals surface area contributed by atoms with Gasteiger partial charge in [0.1, 0.15) is 21.4 Å². The summed E-state index contributed by atoms with van der Waals surface area (Å²) in [5.41, 5.74) is 7.75. The highest BCUT2D eigenvalue weighted by molar-refractivity contribution is 7.10. The van der Waals surface area contributed by atoms with Crippen LogP contribution in [0.1, 0.15) is 102 Å². The minimum Gasteiger partial charge on any atom is -0.351 e. The summed E-state index contributed by atoms with van der Waals surface area (Å²) < 4.78 is 0. The van der Waals surface area contributed by atoms with Crippen molar-refractivity contribution in [3.63, 3.8) is 0 Å². The number of thiazole rings is 2. The number of carbonyl (C=O) groups is 4. The van der Waals surface area contributed by atoms with Crippen LogP contribution in [0.5, 0.6) is 0 Å². The third-order valence-corrected chi connectivity index (χ3v) is 9.69. The molecule has 4 rings (SSSR count). The van der Waals surface area contributed by atoms with Crippen molar-refractivity contribution in [2.75, 3.05) is 19.6 Å². The van der Waals surface area contributed by atoms with Gasteiger partial charge in [0.05, 0.1) is 18.1 Å². The van der Waals surface area contributed by atoms with Crippen LogP contribution in [-0.2, 0) is 16.0 Å². The van der Waals surface area contributed by atoms with Gasteiger partial charge in [0.15, 0.2) is 0 Å². The molecule has 0 saturated heterocycles. The van der Waals surface area contributed by atoms with Gasteiger partial charge in [-0.2, -0.15) is 0 Å². The molecule has 3 aromatic rings. The lowest BCUT2D eigenvalue weighted by Gasteiger charge is -2.27. The number of amides is 4. The van der Waals surface area contributed by atoms with Gasteiger partial charge in [-0.15, -0.1) is 35.1 Å². The predicted molar refractivity (Wildman–Crippen MR) is 188 cm³/mol. The number of carbonyl (C=O) groups excluding carboxylic acids is 4. The smallest absolute Gasteiger partial charge is 0.271 e. The molecule has 47 heavy (non-hydrogen) atoms. The Hall–Kier alpha value is -3.39. The maximum absolute atomic E-state index is 13.5. The van der Waals surface area contributed by atoms with E-state index in [4.69, 9.17) is 5.73 Å². The Balaban J connectivity index is 0.00000600. The lowest BCUT2D eigenvalue weighted by Crippen LogP contribution is -2.47. The molecule has 1 aromatic carbocycles. The number of hydrogen-bond acceptors (Lipinski definition) is 9. The van der Waals surface area contributed by atoms with Gasteiger partial charge in [-0.05, 0) is 43.1 Å². The number of rotatable bonds is 6. The van der Waals surface area contributed by atoms with E-state index in [1.807, 2.05) is 44.2 Å². The van der Waals surface area contributed by atoms with Crippen LogP contribution in [0.3, 0.4) is 0 Å². The molecule has 4 bridgehead atoms. The van der Waals surface area contributed by atoms with E-state index in [9.17, 15) is 19.2 Å². The van der Waals surface area contributed by atoms with Crippen molar-refractivity contribution in [1.29, 1.82) is 0 Å². The van der Waals surface area contributed by atoms with Gasteiger partial charge in [0.25, 0.3) is 11.8 Å². The van der Waals surface area contributed by atoms with Gasteiger partial charge in [-0.1, -0.05) is 58.0 Å². The SMILES string of the molecule is CC(C)C[C@@H]1NC(=O)CCCN(C(=O)[C@@H](N)C(C)C)CCCNC(=O)c2csc(n2)[C@H](Cc2ccccc2)NC(=O)c2csc1n2.Cl. The highest BCUT2D eigenvalue weighted by atomic mass is 35.5. The van der Waals surface area contributed by atoms with Gasteiger partial charge in [-0.3, -0.25) is 19.2 Å². The van der Waals surface area contributed by atoms with Gasteiger partial charge in [-0.25, -0.2) is 9.97 Å². The zero-order valence-electron chi connectivity index (χ0n) is 27.4. The lowest BCUT2D eigenvalue weighted by atomic mass is 10.0. The quantitative estimate of drug-likeness (QED) is 0.291. The molecule has 5 N–H and O–H groups in total. The van der Waals surface area contributed by atoms with Gasteiger partial charge in [0, 0.05) is 36.8 Å². The summed E-state index contributed by atoms with van der Waals surface area (Å²) in [6.45, 7) is 9.05. The predicted octanol–water partition coefficient (Wildman–Crippen LogP) is 4.66. The highest BCUT2D eigenvalue weighted by Gasteiger charge is 2.27. The fourth-order valence-electron chi connectivity index (χ4n) is 5.17. The summed E-state index contributed by atoms with van der Waals surface area (Å²) in [5.74, 6) is -0.753. The molecule has 0 spiro atoms. The molecular formula is C33H46ClN7O4S2. The van der Waals surface area contributed by atoms with E-state index in [1.165, 1.54) is 22.7 Å². The second kappa shape index (κ2) is 18.2. The first kappa shape index (κ1) is 38.1. The largest absolute Gasteiger partial charge is 0.351 e. The number of fused-ring (bicyclic) bond motifs is 4. The Labute approximate surface area is 290 Å². The van der Waals surface area contributed by atoms with Crippen LogP contribution in [0.25, 0.3) is 0 Å². The Kier molecular flexibility index (Phi) is 14.8. The van der Waals surface area contributed by atoms with Crippen LogP contribution in [-0.4, -0.2) is 64.2 Å². The summed E-state index contributed by atoms with van der Waals surface area (Å²) >= 11 is 2.65. The molecule has 1 aliphatic heterocycles. The Bertz CT molecular complexity index is 1480. The maximum atomic E-state index is 13.5. The van der Waals surface area contributed by atoms with E-state index in [0.29, 0.717) is 55.3 Å². The Morgan fingerprint density at radius 2 is 1.53 bits per heavy atom. The zero-order valence-corrected chi connectivity index (χ0v) is 29.8. The molecule has 1 aliphatic rings. The summed E-state index contributed by atoms with van der Waals surface area (Å²) in [5, 5.41) is 13.8. The van der Waals surface area contributed by atoms with Gasteiger partial charge in [0.2, 0.25) is 11.8 Å². The van der Waals surface area contributed by atoms with E-state index >= 15 is 0 Å². The van der Waals surface area contributed by atoms with Crippen molar-refractivity contribution in [2.24, 2.45) is 17.6 Å². The third kappa shape index (κ3) is 11.1. The van der Waals surface area contributed by atoms with Crippen LogP contribution in [0, 0.1) is 11.8 Å². The number of aromatic nitrogens is 2. The van der Waals surface area contributed by atoms with Crippen molar-refractivity contribution in [2.45, 2.75) is 77.9 Å². The van der Waals surface area contributed by atoms with Crippen molar-refractivity contribution >= 4 is 58.7 Å². The standard InChI is InChI=1S/C33H45N7O4S2.ClH/c1-20(2)16-23-31-39-26(19-46-31)30(43)37-24(17-22-10-6-5-7-11-22)32-38-25(18-45-32)29(42)35-13-9-15-40(14-8-12-27(41)36-23)33(44)28(34)21(3)4;/h5-7,10-11,18-21,23-24,28H,8-9,12-17,34H2,1-4H3,(H,35,42)(H,36,41)(H,37,43);1H/t23-,24-,28-;/m0./s1. The second-order valence-electron chi connectivity index (χ2n) is 12.4.